The minimum atomic E-state index is -5.08. The van der Waals surface area contributed by atoms with Crippen LogP contribution >= 0.6 is 0 Å². The summed E-state index contributed by atoms with van der Waals surface area (Å²) in [4.78, 5) is 52.0. The first kappa shape index (κ1) is 27.3. The fraction of sp³-hybridized carbons (Fsp3) is 0.261. The van der Waals surface area contributed by atoms with Gasteiger partial charge in [-0.25, -0.2) is 9.79 Å². The van der Waals surface area contributed by atoms with Crippen molar-refractivity contribution in [2.24, 2.45) is 10.7 Å². The number of carboxylic acids is 1. The molecule has 0 aliphatic carbocycles. The van der Waals surface area contributed by atoms with E-state index >= 15 is 0 Å². The zero-order valence-corrected chi connectivity index (χ0v) is 19.2. The van der Waals surface area contributed by atoms with Crippen LogP contribution < -0.4 is 16.4 Å². The van der Waals surface area contributed by atoms with Crippen molar-refractivity contribution in [1.82, 2.24) is 10.2 Å². The zero-order chi connectivity index (χ0) is 27.5. The van der Waals surface area contributed by atoms with E-state index < -0.39 is 42.7 Å². The van der Waals surface area contributed by atoms with Gasteiger partial charge < -0.3 is 26.6 Å². The average molecular weight is 521 g/mol. The Balaban J connectivity index is 0.000000479. The van der Waals surface area contributed by atoms with Crippen LogP contribution in [0.5, 0.6) is 0 Å². The summed E-state index contributed by atoms with van der Waals surface area (Å²) in [7, 11) is 0. The van der Waals surface area contributed by atoms with Gasteiger partial charge in [0.2, 0.25) is 11.8 Å². The van der Waals surface area contributed by atoms with Crippen LogP contribution in [0.15, 0.2) is 47.5 Å². The Hall–Kier alpha value is -4.30. The minimum absolute atomic E-state index is 0.0963. The van der Waals surface area contributed by atoms with Crippen LogP contribution in [-0.4, -0.2) is 69.5 Å². The normalized spacial score (nSPS) is 15.1. The van der Waals surface area contributed by atoms with E-state index in [0.29, 0.717) is 23.6 Å². The van der Waals surface area contributed by atoms with Crippen LogP contribution in [0, 0.1) is 0 Å². The third-order valence-corrected chi connectivity index (χ3v) is 5.33. The summed E-state index contributed by atoms with van der Waals surface area (Å²) in [5, 5.41) is 21.2. The van der Waals surface area contributed by atoms with Crippen molar-refractivity contribution in [1.29, 1.82) is 0 Å². The summed E-state index contributed by atoms with van der Waals surface area (Å²) in [5.41, 5.74) is 8.94. The number of hydrogen-bond acceptors (Lipinski definition) is 7. The molecule has 3 amide bonds. The van der Waals surface area contributed by atoms with E-state index in [1.807, 2.05) is 18.2 Å². The van der Waals surface area contributed by atoms with Gasteiger partial charge >= 0.3 is 12.1 Å². The molecule has 2 aliphatic heterocycles. The molecular weight excluding hydrogens is 499 g/mol. The lowest BCUT2D eigenvalue weighted by atomic mass is 10.1. The molecule has 37 heavy (non-hydrogen) atoms. The second-order valence-corrected chi connectivity index (χ2v) is 8.03. The summed E-state index contributed by atoms with van der Waals surface area (Å²) >= 11 is 0. The number of aliphatic hydroxyl groups is 1. The molecule has 14 heteroatoms. The van der Waals surface area contributed by atoms with Crippen molar-refractivity contribution in [3.63, 3.8) is 0 Å². The smallest absolute Gasteiger partial charge is 0.475 e. The second-order valence-electron chi connectivity index (χ2n) is 8.03. The summed E-state index contributed by atoms with van der Waals surface area (Å²) in [6.45, 7) is 1.36. The number of nitrogens with one attached hydrogen (secondary N) is 2. The van der Waals surface area contributed by atoms with Gasteiger partial charge in [-0.2, -0.15) is 13.2 Å². The Morgan fingerprint density at radius 3 is 2.35 bits per heavy atom. The lowest BCUT2D eigenvalue weighted by Gasteiger charge is -2.24. The van der Waals surface area contributed by atoms with E-state index in [0.717, 1.165) is 16.8 Å². The molecule has 0 aromatic heterocycles. The van der Waals surface area contributed by atoms with Crippen molar-refractivity contribution in [2.75, 3.05) is 11.9 Å². The van der Waals surface area contributed by atoms with Gasteiger partial charge in [-0.15, -0.1) is 0 Å². The number of benzene rings is 2. The number of rotatable bonds is 5. The fourth-order valence-electron chi connectivity index (χ4n) is 3.42. The number of nitrogens with two attached hydrogens (primary N) is 1. The van der Waals surface area contributed by atoms with Gasteiger partial charge in [0.15, 0.2) is 0 Å². The van der Waals surface area contributed by atoms with Gasteiger partial charge in [0.1, 0.15) is 17.9 Å². The highest BCUT2D eigenvalue weighted by Crippen LogP contribution is 2.35. The number of amides is 3. The van der Waals surface area contributed by atoms with Crippen LogP contribution in [-0.2, 0) is 20.9 Å². The van der Waals surface area contributed by atoms with E-state index in [9.17, 15) is 27.6 Å². The Kier molecular flexibility index (Phi) is 7.93. The maximum atomic E-state index is 12.7. The SMILES string of the molecule is C[C@@H](NC(=O)[C@@H](N)CO)C(=O)Nc1ccc2c(c1)CN1C(=O)c3ccccc3C1=N2.O=C(O)C(F)(F)F. The fourth-order valence-corrected chi connectivity index (χ4v) is 3.42. The summed E-state index contributed by atoms with van der Waals surface area (Å²) in [6.07, 6.45) is -5.08. The predicted molar refractivity (Wildman–Crippen MR) is 124 cm³/mol. The number of halogens is 3. The molecule has 0 unspecified atom stereocenters. The molecule has 0 radical (unpaired) electrons. The molecule has 0 bridgehead atoms. The Morgan fingerprint density at radius 1 is 1.14 bits per heavy atom. The number of carboxylic acid groups (broad SMARTS) is 1. The van der Waals surface area contributed by atoms with Gasteiger partial charge in [-0.1, -0.05) is 18.2 Å². The van der Waals surface area contributed by atoms with Crippen molar-refractivity contribution in [3.8, 4) is 0 Å². The Labute approximate surface area is 207 Å². The zero-order valence-electron chi connectivity index (χ0n) is 19.2. The first-order valence-corrected chi connectivity index (χ1v) is 10.7. The largest absolute Gasteiger partial charge is 0.490 e. The van der Waals surface area contributed by atoms with Crippen LogP contribution in [0.3, 0.4) is 0 Å². The quantitative estimate of drug-likeness (QED) is 0.392. The molecule has 0 saturated heterocycles. The molecule has 0 spiro atoms. The maximum absolute atomic E-state index is 12.7. The van der Waals surface area contributed by atoms with E-state index in [1.165, 1.54) is 6.92 Å². The topological polar surface area (TPSA) is 174 Å². The Morgan fingerprint density at radius 2 is 1.76 bits per heavy atom. The number of alkyl halides is 3. The summed E-state index contributed by atoms with van der Waals surface area (Å²) in [6, 6.07) is 10.7. The van der Waals surface area contributed by atoms with Crippen LogP contribution in [0.4, 0.5) is 24.5 Å². The van der Waals surface area contributed by atoms with E-state index in [-0.39, 0.29) is 5.91 Å². The van der Waals surface area contributed by atoms with Gasteiger partial charge in [0.05, 0.1) is 24.4 Å². The lowest BCUT2D eigenvalue weighted by molar-refractivity contribution is -0.192. The number of carbonyl (C=O) groups is 4. The van der Waals surface area contributed by atoms with Crippen molar-refractivity contribution in [3.05, 3.63) is 59.2 Å². The summed E-state index contributed by atoms with van der Waals surface area (Å²) in [5.74, 6) is -3.26. The molecule has 2 atom stereocenters. The number of anilines is 1. The molecule has 11 nitrogen and oxygen atoms in total. The Bertz CT molecular complexity index is 1280. The van der Waals surface area contributed by atoms with Crippen molar-refractivity contribution < 1.29 is 42.6 Å². The number of aliphatic hydroxyl groups excluding tert-OH is 1. The standard InChI is InChI=1S/C21H21N5O4.C2HF3O2/c1-11(23-20(29)16(22)10-27)19(28)24-13-6-7-17-12(8-13)9-26-18(25-17)14-4-2-3-5-15(14)21(26)30;3-2(4,5)1(6)7/h2-8,11,16,27H,9-10,22H2,1H3,(H,23,29)(H,24,28);(H,6,7)/t11-,16+;/m1./s1. The molecule has 2 heterocycles. The molecule has 2 aliphatic rings. The first-order valence-electron chi connectivity index (χ1n) is 10.7. The van der Waals surface area contributed by atoms with E-state index in [1.54, 1.807) is 29.2 Å². The lowest BCUT2D eigenvalue weighted by Crippen LogP contribution is -2.49. The molecular formula is C23H22F3N5O6. The molecule has 6 N–H and O–H groups in total. The second kappa shape index (κ2) is 10.8. The average Bonchev–Trinajstić information content (AvgIpc) is 3.13. The number of nitrogens with zero attached hydrogens (tertiary/aromatic N) is 2. The third kappa shape index (κ3) is 6.10. The highest BCUT2D eigenvalue weighted by atomic mass is 19.4. The molecule has 2 aromatic carbocycles. The van der Waals surface area contributed by atoms with E-state index in [2.05, 4.69) is 15.6 Å². The van der Waals surface area contributed by atoms with Crippen molar-refractivity contribution in [2.45, 2.75) is 31.7 Å². The van der Waals surface area contributed by atoms with Gasteiger partial charge in [-0.05, 0) is 36.8 Å². The number of aliphatic imine (C=N–C) groups is 1. The van der Waals surface area contributed by atoms with Crippen LogP contribution in [0.1, 0.15) is 28.4 Å². The summed E-state index contributed by atoms with van der Waals surface area (Å²) < 4.78 is 31.7. The molecule has 196 valence electrons. The predicted octanol–water partition coefficient (Wildman–Crippen LogP) is 1.13. The number of hydrogen-bond donors (Lipinski definition) is 5. The number of carbonyl (C=O) groups excluding carboxylic acids is 3. The first-order chi connectivity index (χ1) is 17.3. The molecule has 4 rings (SSSR count). The minimum Gasteiger partial charge on any atom is -0.475 e. The highest BCUT2D eigenvalue weighted by Gasteiger charge is 2.38. The van der Waals surface area contributed by atoms with Crippen molar-refractivity contribution >= 4 is 40.9 Å². The van der Waals surface area contributed by atoms with Gasteiger partial charge in [0, 0.05) is 11.3 Å². The molecule has 0 fully saturated rings. The number of fused-ring (bicyclic) bond motifs is 4. The van der Waals surface area contributed by atoms with Crippen LogP contribution in [0.2, 0.25) is 0 Å². The number of amidine groups is 1. The van der Waals surface area contributed by atoms with Gasteiger partial charge in [-0.3, -0.25) is 19.3 Å². The maximum Gasteiger partial charge on any atom is 0.490 e. The monoisotopic (exact) mass is 521 g/mol. The molecule has 2 aromatic rings. The third-order valence-electron chi connectivity index (χ3n) is 5.33. The number of aliphatic carboxylic acids is 1. The van der Waals surface area contributed by atoms with Crippen LogP contribution in [0.25, 0.3) is 0 Å². The van der Waals surface area contributed by atoms with Gasteiger partial charge in [0.25, 0.3) is 5.91 Å². The van der Waals surface area contributed by atoms with E-state index in [4.69, 9.17) is 20.7 Å². The highest BCUT2D eigenvalue weighted by molar-refractivity contribution is 6.24. The molecule has 0 saturated carbocycles.